The highest BCUT2D eigenvalue weighted by atomic mass is 19.4. The Morgan fingerprint density at radius 3 is 2.15 bits per heavy atom. The fourth-order valence-electron chi connectivity index (χ4n) is 3.84. The van der Waals surface area contributed by atoms with Crippen LogP contribution in [-0.4, -0.2) is 0 Å². The van der Waals surface area contributed by atoms with Crippen LogP contribution in [-0.2, 0) is 19.0 Å². The molecule has 2 aromatic carbocycles. The SMILES string of the molecule is CC1CCC(c2ccc(CCc3ccc(C(F)(F)F)c(F)c3)c(F)c2)CC1. The molecule has 0 radical (unpaired) electrons. The Hall–Kier alpha value is -1.91. The van der Waals surface area contributed by atoms with Crippen LogP contribution in [0.2, 0.25) is 0 Å². The summed E-state index contributed by atoms with van der Waals surface area (Å²) in [5.74, 6) is -0.455. The Balaban J connectivity index is 1.65. The first kappa shape index (κ1) is 19.8. The van der Waals surface area contributed by atoms with Gasteiger partial charge in [-0.15, -0.1) is 0 Å². The van der Waals surface area contributed by atoms with Gasteiger partial charge in [0.15, 0.2) is 0 Å². The molecule has 0 bridgehead atoms. The molecule has 0 heterocycles. The summed E-state index contributed by atoms with van der Waals surface area (Å²) in [6.45, 7) is 2.24. The van der Waals surface area contributed by atoms with Crippen molar-refractivity contribution in [3.63, 3.8) is 0 Å². The van der Waals surface area contributed by atoms with E-state index in [1.165, 1.54) is 6.07 Å². The zero-order valence-electron chi connectivity index (χ0n) is 15.3. The van der Waals surface area contributed by atoms with E-state index in [1.54, 1.807) is 12.1 Å². The van der Waals surface area contributed by atoms with E-state index in [2.05, 4.69) is 6.92 Å². The van der Waals surface area contributed by atoms with Crippen LogP contribution >= 0.6 is 0 Å². The van der Waals surface area contributed by atoms with E-state index in [1.807, 2.05) is 6.07 Å². The van der Waals surface area contributed by atoms with E-state index < -0.39 is 17.6 Å². The maximum Gasteiger partial charge on any atom is 0.419 e. The molecule has 0 atom stereocenters. The van der Waals surface area contributed by atoms with Crippen molar-refractivity contribution in [3.05, 3.63) is 70.3 Å². The Kier molecular flexibility index (Phi) is 5.87. The van der Waals surface area contributed by atoms with Crippen LogP contribution in [0, 0.1) is 17.6 Å². The third-order valence-electron chi connectivity index (χ3n) is 5.59. The molecule has 0 saturated heterocycles. The number of rotatable bonds is 4. The van der Waals surface area contributed by atoms with Gasteiger partial charge in [-0.3, -0.25) is 0 Å². The Labute approximate surface area is 156 Å². The molecule has 0 N–H and O–H groups in total. The summed E-state index contributed by atoms with van der Waals surface area (Å²) in [5, 5.41) is 0. The standard InChI is InChI=1S/C22H23F5/c1-14-2-6-16(7-3-14)18-10-9-17(20(23)13-18)8-4-15-5-11-19(21(24)12-15)22(25,26)27/h5,9-14,16H,2-4,6-8H2,1H3. The number of alkyl halides is 3. The highest BCUT2D eigenvalue weighted by molar-refractivity contribution is 5.30. The molecule has 0 aromatic heterocycles. The summed E-state index contributed by atoms with van der Waals surface area (Å²) in [6, 6.07) is 8.17. The summed E-state index contributed by atoms with van der Waals surface area (Å²) in [4.78, 5) is 0. The van der Waals surface area contributed by atoms with Crippen molar-refractivity contribution in [2.24, 2.45) is 5.92 Å². The first-order valence-electron chi connectivity index (χ1n) is 9.38. The van der Waals surface area contributed by atoms with E-state index in [4.69, 9.17) is 0 Å². The maximum absolute atomic E-state index is 14.5. The molecule has 0 amide bonds. The summed E-state index contributed by atoms with van der Waals surface area (Å²) in [5.41, 5.74) is 0.667. The fourth-order valence-corrected chi connectivity index (χ4v) is 3.84. The van der Waals surface area contributed by atoms with Crippen molar-refractivity contribution in [1.29, 1.82) is 0 Å². The Bertz CT molecular complexity index is 786. The van der Waals surface area contributed by atoms with Gasteiger partial charge in [0.2, 0.25) is 0 Å². The molecule has 5 heteroatoms. The zero-order valence-corrected chi connectivity index (χ0v) is 15.3. The monoisotopic (exact) mass is 382 g/mol. The van der Waals surface area contributed by atoms with Crippen LogP contribution in [0.15, 0.2) is 36.4 Å². The average Bonchev–Trinajstić information content (AvgIpc) is 2.60. The smallest absolute Gasteiger partial charge is 0.207 e. The van der Waals surface area contributed by atoms with Crippen molar-refractivity contribution < 1.29 is 22.0 Å². The van der Waals surface area contributed by atoms with Crippen LogP contribution in [0.1, 0.15) is 60.8 Å². The van der Waals surface area contributed by atoms with Gasteiger partial charge in [-0.25, -0.2) is 8.78 Å². The quantitative estimate of drug-likeness (QED) is 0.497. The van der Waals surface area contributed by atoms with E-state index in [9.17, 15) is 22.0 Å². The van der Waals surface area contributed by atoms with Crippen molar-refractivity contribution in [2.75, 3.05) is 0 Å². The maximum atomic E-state index is 14.5. The normalized spacial score (nSPS) is 20.7. The second-order valence-electron chi connectivity index (χ2n) is 7.62. The lowest BCUT2D eigenvalue weighted by Crippen LogP contribution is -2.11. The van der Waals surface area contributed by atoms with E-state index in [0.717, 1.165) is 49.3 Å². The number of benzene rings is 2. The lowest BCUT2D eigenvalue weighted by molar-refractivity contribution is -0.140. The summed E-state index contributed by atoms with van der Waals surface area (Å²) < 4.78 is 65.9. The minimum atomic E-state index is -4.71. The summed E-state index contributed by atoms with van der Waals surface area (Å²) in [6.07, 6.45) is 0.364. The first-order chi connectivity index (χ1) is 12.7. The van der Waals surface area contributed by atoms with Crippen LogP contribution in [0.5, 0.6) is 0 Å². The van der Waals surface area contributed by atoms with Gasteiger partial charge in [0.25, 0.3) is 0 Å². The van der Waals surface area contributed by atoms with Gasteiger partial charge in [0.05, 0.1) is 5.56 Å². The molecule has 2 aromatic rings. The number of hydrogen-bond donors (Lipinski definition) is 0. The molecular formula is C22H23F5. The molecule has 1 aliphatic carbocycles. The average molecular weight is 382 g/mol. The molecule has 1 saturated carbocycles. The topological polar surface area (TPSA) is 0 Å². The molecule has 0 aliphatic heterocycles. The van der Waals surface area contributed by atoms with E-state index in [0.29, 0.717) is 23.5 Å². The van der Waals surface area contributed by atoms with Crippen LogP contribution in [0.4, 0.5) is 22.0 Å². The minimum absolute atomic E-state index is 0.284. The first-order valence-corrected chi connectivity index (χ1v) is 9.38. The molecular weight excluding hydrogens is 359 g/mol. The molecule has 0 nitrogen and oxygen atoms in total. The van der Waals surface area contributed by atoms with Gasteiger partial charge in [-0.2, -0.15) is 13.2 Å². The van der Waals surface area contributed by atoms with E-state index in [-0.39, 0.29) is 12.2 Å². The number of hydrogen-bond acceptors (Lipinski definition) is 0. The zero-order chi connectivity index (χ0) is 19.6. The molecule has 1 aliphatic rings. The highest BCUT2D eigenvalue weighted by Gasteiger charge is 2.33. The van der Waals surface area contributed by atoms with Gasteiger partial charge in [0, 0.05) is 0 Å². The van der Waals surface area contributed by atoms with Crippen LogP contribution < -0.4 is 0 Å². The van der Waals surface area contributed by atoms with Crippen LogP contribution in [0.25, 0.3) is 0 Å². The lowest BCUT2D eigenvalue weighted by Gasteiger charge is -2.26. The predicted molar refractivity (Wildman–Crippen MR) is 95.6 cm³/mol. The fraction of sp³-hybridized carbons (Fsp3) is 0.455. The number of halogens is 5. The molecule has 1 fully saturated rings. The predicted octanol–water partition coefficient (Wildman–Crippen LogP) is 7.06. The van der Waals surface area contributed by atoms with Crippen molar-refractivity contribution in [1.82, 2.24) is 0 Å². The minimum Gasteiger partial charge on any atom is -0.207 e. The second-order valence-corrected chi connectivity index (χ2v) is 7.62. The summed E-state index contributed by atoms with van der Waals surface area (Å²) >= 11 is 0. The van der Waals surface area contributed by atoms with Gasteiger partial charge in [0.1, 0.15) is 11.6 Å². The molecule has 27 heavy (non-hydrogen) atoms. The lowest BCUT2D eigenvalue weighted by atomic mass is 9.79. The van der Waals surface area contributed by atoms with Gasteiger partial charge in [-0.1, -0.05) is 38.0 Å². The van der Waals surface area contributed by atoms with E-state index >= 15 is 0 Å². The Morgan fingerprint density at radius 2 is 1.56 bits per heavy atom. The molecule has 0 spiro atoms. The molecule has 3 rings (SSSR count). The van der Waals surface area contributed by atoms with Crippen molar-refractivity contribution in [3.8, 4) is 0 Å². The van der Waals surface area contributed by atoms with Gasteiger partial charge in [-0.05, 0) is 72.4 Å². The van der Waals surface area contributed by atoms with Crippen LogP contribution in [0.3, 0.4) is 0 Å². The van der Waals surface area contributed by atoms with Gasteiger partial charge >= 0.3 is 6.18 Å². The molecule has 0 unspecified atom stereocenters. The summed E-state index contributed by atoms with van der Waals surface area (Å²) in [7, 11) is 0. The third-order valence-corrected chi connectivity index (χ3v) is 5.59. The Morgan fingerprint density at radius 1 is 0.852 bits per heavy atom. The van der Waals surface area contributed by atoms with Crippen molar-refractivity contribution in [2.45, 2.75) is 57.5 Å². The van der Waals surface area contributed by atoms with Crippen molar-refractivity contribution >= 4 is 0 Å². The largest absolute Gasteiger partial charge is 0.419 e. The van der Waals surface area contributed by atoms with Gasteiger partial charge < -0.3 is 0 Å². The second kappa shape index (κ2) is 7.99. The number of aryl methyl sites for hydroxylation is 2. The molecule has 146 valence electrons. The third kappa shape index (κ3) is 4.88. The highest BCUT2D eigenvalue weighted by Crippen LogP contribution is 2.36.